The summed E-state index contributed by atoms with van der Waals surface area (Å²) in [6, 6.07) is 32.7. The number of aromatic amines is 1. The summed E-state index contributed by atoms with van der Waals surface area (Å²) in [5, 5.41) is 7.04. The van der Waals surface area contributed by atoms with Gasteiger partial charge in [0, 0.05) is 41.5 Å². The lowest BCUT2D eigenvalue weighted by Crippen LogP contribution is -2.50. The van der Waals surface area contributed by atoms with E-state index in [1.807, 2.05) is 85.1 Å². The van der Waals surface area contributed by atoms with E-state index in [9.17, 15) is 19.2 Å². The number of benzene rings is 4. The van der Waals surface area contributed by atoms with Crippen LogP contribution in [0.3, 0.4) is 0 Å². The molecular weight excluding hydrogens is 650 g/mol. The molecule has 1 aromatic heterocycles. The average Bonchev–Trinajstić information content (AvgIpc) is 3.53. The third kappa shape index (κ3) is 11.0. The summed E-state index contributed by atoms with van der Waals surface area (Å²) in [5.74, 6) is -1.72. The number of hydrogen-bond donors (Lipinski definition) is 3. The molecule has 270 valence electrons. The monoisotopic (exact) mass is 699 g/mol. The summed E-state index contributed by atoms with van der Waals surface area (Å²) in [4.78, 5) is 55.7. The molecule has 0 saturated heterocycles. The lowest BCUT2D eigenvalue weighted by atomic mass is 9.94. The number of H-pyrrole nitrogens is 1. The van der Waals surface area contributed by atoms with Crippen molar-refractivity contribution in [2.24, 2.45) is 5.92 Å². The first-order valence-corrected chi connectivity index (χ1v) is 18.0. The van der Waals surface area contributed by atoms with Gasteiger partial charge in [0.2, 0.25) is 11.8 Å². The Balaban J connectivity index is 1.28. The Hall–Kier alpha value is -5.50. The van der Waals surface area contributed by atoms with Crippen molar-refractivity contribution in [3.63, 3.8) is 0 Å². The van der Waals surface area contributed by atoms with E-state index in [1.165, 1.54) is 0 Å². The highest BCUT2D eigenvalue weighted by molar-refractivity contribution is 5.94. The first-order valence-electron chi connectivity index (χ1n) is 18.0. The van der Waals surface area contributed by atoms with E-state index in [-0.39, 0.29) is 30.4 Å². The predicted molar refractivity (Wildman–Crippen MR) is 206 cm³/mol. The Morgan fingerprint density at radius 1 is 0.750 bits per heavy atom. The van der Waals surface area contributed by atoms with Crippen molar-refractivity contribution in [2.45, 2.75) is 77.9 Å². The van der Waals surface area contributed by atoms with Crippen LogP contribution < -0.4 is 10.6 Å². The molecule has 3 N–H and O–H groups in total. The number of amides is 2. The van der Waals surface area contributed by atoms with Gasteiger partial charge >= 0.3 is 5.97 Å². The summed E-state index contributed by atoms with van der Waals surface area (Å²) in [7, 11) is 0. The number of nitrogens with one attached hydrogen (secondary N) is 3. The predicted octanol–water partition coefficient (Wildman–Crippen LogP) is 7.79. The van der Waals surface area contributed by atoms with Crippen LogP contribution in [0.5, 0.6) is 0 Å². The van der Waals surface area contributed by atoms with Crippen LogP contribution in [0.15, 0.2) is 109 Å². The van der Waals surface area contributed by atoms with Gasteiger partial charge in [-0.05, 0) is 87.3 Å². The van der Waals surface area contributed by atoms with Crippen molar-refractivity contribution in [1.29, 1.82) is 0 Å². The molecule has 52 heavy (non-hydrogen) atoms. The molecule has 2 atom stereocenters. The van der Waals surface area contributed by atoms with E-state index in [4.69, 9.17) is 4.74 Å². The van der Waals surface area contributed by atoms with Crippen molar-refractivity contribution < 1.29 is 23.9 Å². The minimum absolute atomic E-state index is 0.0347. The molecule has 0 fully saturated rings. The number of aromatic nitrogens is 1. The highest BCUT2D eigenvalue weighted by atomic mass is 16.6. The summed E-state index contributed by atoms with van der Waals surface area (Å²) >= 11 is 0. The SMILES string of the molecule is CC(=O)c1ccc(-c2ccc(CCC[C@H](CC(=O)OC(C)(C)C)C(=O)N[C@@H](Cc3c[nH]c4ccccc34)C(=O)NCCc3ccccc3)cc2)cc1. The topological polar surface area (TPSA) is 117 Å². The third-order valence-corrected chi connectivity index (χ3v) is 9.09. The van der Waals surface area contributed by atoms with E-state index >= 15 is 0 Å². The molecule has 5 aromatic rings. The summed E-state index contributed by atoms with van der Waals surface area (Å²) in [6.45, 7) is 7.39. The number of carbonyl (C=O) groups excluding carboxylic acids is 4. The second-order valence-corrected chi connectivity index (χ2v) is 14.4. The van der Waals surface area contributed by atoms with Gasteiger partial charge in [-0.1, -0.05) is 97.1 Å². The Labute approximate surface area is 306 Å². The first-order chi connectivity index (χ1) is 24.9. The first kappa shape index (κ1) is 37.7. The highest BCUT2D eigenvalue weighted by Gasteiger charge is 2.29. The summed E-state index contributed by atoms with van der Waals surface area (Å²) in [6.07, 6.45) is 4.54. The number of Topliss-reactive ketones (excluding diaryl/α,β-unsaturated/α-hetero) is 1. The van der Waals surface area contributed by atoms with E-state index in [2.05, 4.69) is 39.9 Å². The van der Waals surface area contributed by atoms with Crippen molar-refractivity contribution in [2.75, 3.05) is 6.54 Å². The molecule has 0 radical (unpaired) electrons. The highest BCUT2D eigenvalue weighted by Crippen LogP contribution is 2.24. The molecule has 0 aliphatic rings. The van der Waals surface area contributed by atoms with Gasteiger partial charge < -0.3 is 20.4 Å². The molecule has 0 bridgehead atoms. The van der Waals surface area contributed by atoms with Crippen LogP contribution in [0.2, 0.25) is 0 Å². The van der Waals surface area contributed by atoms with Crippen molar-refractivity contribution in [3.8, 4) is 11.1 Å². The second-order valence-electron chi connectivity index (χ2n) is 14.4. The van der Waals surface area contributed by atoms with Crippen LogP contribution in [0.4, 0.5) is 0 Å². The maximum atomic E-state index is 14.0. The zero-order chi connectivity index (χ0) is 37.1. The Morgan fingerprint density at radius 2 is 1.38 bits per heavy atom. The van der Waals surface area contributed by atoms with Crippen LogP contribution in [-0.4, -0.2) is 46.7 Å². The van der Waals surface area contributed by atoms with E-state index in [0.717, 1.165) is 38.7 Å². The van der Waals surface area contributed by atoms with Crippen molar-refractivity contribution in [1.82, 2.24) is 15.6 Å². The van der Waals surface area contributed by atoms with Crippen LogP contribution in [0.25, 0.3) is 22.0 Å². The third-order valence-electron chi connectivity index (χ3n) is 9.09. The number of carbonyl (C=O) groups is 4. The number of hydrogen-bond acceptors (Lipinski definition) is 5. The van der Waals surface area contributed by atoms with Gasteiger partial charge in [-0.3, -0.25) is 19.2 Å². The minimum Gasteiger partial charge on any atom is -0.460 e. The zero-order valence-corrected chi connectivity index (χ0v) is 30.5. The lowest BCUT2D eigenvalue weighted by Gasteiger charge is -2.24. The van der Waals surface area contributed by atoms with Gasteiger partial charge in [-0.15, -0.1) is 0 Å². The average molecular weight is 700 g/mol. The second kappa shape index (κ2) is 17.6. The molecule has 0 saturated carbocycles. The molecule has 0 unspecified atom stereocenters. The van der Waals surface area contributed by atoms with Gasteiger partial charge in [-0.2, -0.15) is 0 Å². The fraction of sp³-hybridized carbons (Fsp3) is 0.318. The number of para-hydroxylation sites is 1. The molecule has 0 aliphatic carbocycles. The number of ketones is 1. The summed E-state index contributed by atoms with van der Waals surface area (Å²) in [5.41, 5.74) is 6.14. The van der Waals surface area contributed by atoms with Gasteiger partial charge in [0.15, 0.2) is 5.78 Å². The number of esters is 1. The maximum Gasteiger partial charge on any atom is 0.307 e. The fourth-order valence-electron chi connectivity index (χ4n) is 6.34. The number of fused-ring (bicyclic) bond motifs is 1. The van der Waals surface area contributed by atoms with Crippen LogP contribution in [-0.2, 0) is 38.4 Å². The number of ether oxygens (including phenoxy) is 1. The van der Waals surface area contributed by atoms with Crippen molar-refractivity contribution >= 4 is 34.5 Å². The van der Waals surface area contributed by atoms with Crippen molar-refractivity contribution in [3.05, 3.63) is 132 Å². The van der Waals surface area contributed by atoms with Crippen LogP contribution >= 0.6 is 0 Å². The van der Waals surface area contributed by atoms with E-state index < -0.39 is 23.5 Å². The number of rotatable bonds is 16. The molecule has 2 amide bonds. The largest absolute Gasteiger partial charge is 0.460 e. The van der Waals surface area contributed by atoms with E-state index in [0.29, 0.717) is 37.8 Å². The molecule has 5 rings (SSSR count). The Morgan fingerprint density at radius 3 is 2.06 bits per heavy atom. The van der Waals surface area contributed by atoms with Crippen LogP contribution in [0.1, 0.15) is 74.0 Å². The minimum atomic E-state index is -0.847. The van der Waals surface area contributed by atoms with Gasteiger partial charge in [-0.25, -0.2) is 0 Å². The fourth-order valence-corrected chi connectivity index (χ4v) is 6.34. The molecule has 0 spiro atoms. The number of aryl methyl sites for hydroxylation is 1. The molecular formula is C44H49N3O5. The van der Waals surface area contributed by atoms with Gasteiger partial charge in [0.25, 0.3) is 0 Å². The molecule has 8 nitrogen and oxygen atoms in total. The Bertz CT molecular complexity index is 1960. The van der Waals surface area contributed by atoms with Gasteiger partial charge in [0.05, 0.1) is 6.42 Å². The quantitative estimate of drug-likeness (QED) is 0.0718. The normalized spacial score (nSPS) is 12.5. The van der Waals surface area contributed by atoms with Crippen LogP contribution in [0, 0.1) is 5.92 Å². The molecule has 1 heterocycles. The lowest BCUT2D eigenvalue weighted by molar-refractivity contribution is -0.157. The molecule has 4 aromatic carbocycles. The standard InChI is InChI=1S/C44H49N3O5/c1-30(48)33-21-23-35(24-22-33)34-19-17-32(18-20-34)13-10-14-36(28-41(49)52-44(2,3)4)42(50)47-40(27-37-29-46-39-16-9-8-15-38(37)39)43(51)45-26-25-31-11-6-5-7-12-31/h5-9,11-12,15-24,29,36,40,46H,10,13-14,25-28H2,1-4H3,(H,45,51)(H,47,50)/t36-,40+/m1/s1. The van der Waals surface area contributed by atoms with Gasteiger partial charge in [0.1, 0.15) is 11.6 Å². The Kier molecular flexibility index (Phi) is 12.8. The smallest absolute Gasteiger partial charge is 0.307 e. The molecule has 0 aliphatic heterocycles. The summed E-state index contributed by atoms with van der Waals surface area (Å²) < 4.78 is 5.62. The maximum absolute atomic E-state index is 14.0. The van der Waals surface area contributed by atoms with E-state index in [1.54, 1.807) is 27.7 Å². The zero-order valence-electron chi connectivity index (χ0n) is 30.5. The molecule has 8 heteroatoms.